The van der Waals surface area contributed by atoms with Crippen molar-refractivity contribution in [1.82, 2.24) is 5.32 Å². The average Bonchev–Trinajstić information content (AvgIpc) is 2.65. The van der Waals surface area contributed by atoms with Gasteiger partial charge in [-0.3, -0.25) is 0 Å². The van der Waals surface area contributed by atoms with E-state index in [1.165, 1.54) is 8.66 Å². The molecule has 0 saturated carbocycles. The van der Waals surface area contributed by atoms with E-state index in [4.69, 9.17) is 9.47 Å². The summed E-state index contributed by atoms with van der Waals surface area (Å²) in [5.41, 5.74) is 0.136. The van der Waals surface area contributed by atoms with Gasteiger partial charge in [-0.05, 0) is 28.1 Å². The lowest BCUT2D eigenvalue weighted by atomic mass is 9.76. The maximum Gasteiger partial charge on any atom is 0.0701 e. The van der Waals surface area contributed by atoms with E-state index in [0.29, 0.717) is 6.04 Å². The van der Waals surface area contributed by atoms with Crippen LogP contribution in [0.4, 0.5) is 0 Å². The molecule has 0 radical (unpaired) electrons. The molecule has 1 aromatic heterocycles. The second kappa shape index (κ2) is 4.38. The highest BCUT2D eigenvalue weighted by Gasteiger charge is 2.48. The third-order valence-electron chi connectivity index (χ3n) is 3.37. The molecule has 1 unspecified atom stereocenters. The zero-order chi connectivity index (χ0) is 11.0. The number of nitrogens with one attached hydrogen (secondary N) is 1. The van der Waals surface area contributed by atoms with E-state index in [9.17, 15) is 0 Å². The van der Waals surface area contributed by atoms with Gasteiger partial charge in [0.25, 0.3) is 0 Å². The van der Waals surface area contributed by atoms with Gasteiger partial charge in [0.2, 0.25) is 0 Å². The van der Waals surface area contributed by atoms with Crippen LogP contribution in [0.3, 0.4) is 0 Å². The van der Waals surface area contributed by atoms with E-state index in [1.54, 1.807) is 11.3 Å². The fourth-order valence-electron chi connectivity index (χ4n) is 2.34. The standard InChI is InChI=1S/C11H14BrNO2S/c12-10-2-1-9(16-10)11(6-15-7-11)8-5-14-4-3-13-8/h1-2,8,13H,3-7H2. The molecule has 3 heterocycles. The minimum absolute atomic E-state index is 0.136. The summed E-state index contributed by atoms with van der Waals surface area (Å²) in [5, 5.41) is 3.56. The van der Waals surface area contributed by atoms with Gasteiger partial charge < -0.3 is 14.8 Å². The van der Waals surface area contributed by atoms with E-state index in [0.717, 1.165) is 33.0 Å². The molecular weight excluding hydrogens is 290 g/mol. The largest absolute Gasteiger partial charge is 0.379 e. The van der Waals surface area contributed by atoms with Gasteiger partial charge in [0, 0.05) is 17.5 Å². The second-order valence-corrected chi connectivity index (χ2v) is 6.80. The van der Waals surface area contributed by atoms with Crippen LogP contribution in [0.2, 0.25) is 0 Å². The van der Waals surface area contributed by atoms with Crippen LogP contribution < -0.4 is 5.32 Å². The zero-order valence-electron chi connectivity index (χ0n) is 8.87. The van der Waals surface area contributed by atoms with Gasteiger partial charge in [-0.2, -0.15) is 0 Å². The first-order valence-corrected chi connectivity index (χ1v) is 7.07. The van der Waals surface area contributed by atoms with Crippen LogP contribution in [-0.2, 0) is 14.9 Å². The molecule has 2 fully saturated rings. The fourth-order valence-corrected chi connectivity index (χ4v) is 3.94. The van der Waals surface area contributed by atoms with Gasteiger partial charge in [0.1, 0.15) is 0 Å². The van der Waals surface area contributed by atoms with Crippen LogP contribution in [0.25, 0.3) is 0 Å². The predicted molar refractivity (Wildman–Crippen MR) is 67.1 cm³/mol. The summed E-state index contributed by atoms with van der Waals surface area (Å²) < 4.78 is 12.2. The molecule has 2 aliphatic heterocycles. The maximum absolute atomic E-state index is 5.57. The normalized spacial score (nSPS) is 28.7. The Morgan fingerprint density at radius 3 is 2.75 bits per heavy atom. The van der Waals surface area contributed by atoms with Gasteiger partial charge >= 0.3 is 0 Å². The summed E-state index contributed by atoms with van der Waals surface area (Å²) >= 11 is 5.33. The molecular formula is C11H14BrNO2S. The Morgan fingerprint density at radius 1 is 1.38 bits per heavy atom. The zero-order valence-corrected chi connectivity index (χ0v) is 11.3. The van der Waals surface area contributed by atoms with Gasteiger partial charge in [-0.25, -0.2) is 0 Å². The molecule has 3 nitrogen and oxygen atoms in total. The molecule has 1 N–H and O–H groups in total. The molecule has 88 valence electrons. The van der Waals surface area contributed by atoms with Crippen molar-refractivity contribution in [2.75, 3.05) is 33.0 Å². The average molecular weight is 304 g/mol. The van der Waals surface area contributed by atoms with Crippen molar-refractivity contribution in [2.24, 2.45) is 0 Å². The molecule has 0 bridgehead atoms. The van der Waals surface area contributed by atoms with Crippen LogP contribution in [-0.4, -0.2) is 39.0 Å². The van der Waals surface area contributed by atoms with E-state index >= 15 is 0 Å². The number of hydrogen-bond acceptors (Lipinski definition) is 4. The number of thiophene rings is 1. The lowest BCUT2D eigenvalue weighted by Gasteiger charge is -2.48. The quantitative estimate of drug-likeness (QED) is 0.903. The van der Waals surface area contributed by atoms with E-state index in [2.05, 4.69) is 33.4 Å². The lowest BCUT2D eigenvalue weighted by molar-refractivity contribution is -0.0990. The molecule has 1 atom stereocenters. The van der Waals surface area contributed by atoms with Crippen molar-refractivity contribution >= 4 is 27.3 Å². The van der Waals surface area contributed by atoms with Crippen LogP contribution in [0.1, 0.15) is 4.88 Å². The highest BCUT2D eigenvalue weighted by atomic mass is 79.9. The Bertz CT molecular complexity index is 372. The van der Waals surface area contributed by atoms with Crippen molar-refractivity contribution in [3.8, 4) is 0 Å². The summed E-state index contributed by atoms with van der Waals surface area (Å²) in [6, 6.07) is 4.71. The Morgan fingerprint density at radius 2 is 2.25 bits per heavy atom. The van der Waals surface area contributed by atoms with Crippen molar-refractivity contribution in [2.45, 2.75) is 11.5 Å². The Kier molecular flexibility index (Phi) is 3.06. The molecule has 1 aromatic rings. The molecule has 16 heavy (non-hydrogen) atoms. The second-order valence-electron chi connectivity index (χ2n) is 4.33. The summed E-state index contributed by atoms with van der Waals surface area (Å²) in [4.78, 5) is 1.40. The monoisotopic (exact) mass is 303 g/mol. The van der Waals surface area contributed by atoms with Crippen molar-refractivity contribution in [3.63, 3.8) is 0 Å². The molecule has 0 amide bonds. The molecule has 2 saturated heterocycles. The molecule has 5 heteroatoms. The van der Waals surface area contributed by atoms with E-state index in [1.807, 2.05) is 0 Å². The number of rotatable bonds is 2. The van der Waals surface area contributed by atoms with Gasteiger partial charge in [-0.15, -0.1) is 11.3 Å². The smallest absolute Gasteiger partial charge is 0.0701 e. The third kappa shape index (κ3) is 1.75. The molecule has 0 aromatic carbocycles. The highest BCUT2D eigenvalue weighted by molar-refractivity contribution is 9.11. The molecule has 0 aliphatic carbocycles. The number of morpholine rings is 1. The third-order valence-corrected chi connectivity index (χ3v) is 5.22. The minimum Gasteiger partial charge on any atom is -0.379 e. The first kappa shape index (κ1) is 11.2. The minimum atomic E-state index is 0.136. The maximum atomic E-state index is 5.57. The van der Waals surface area contributed by atoms with Crippen molar-refractivity contribution in [1.29, 1.82) is 0 Å². The Hall–Kier alpha value is 0.0600. The van der Waals surface area contributed by atoms with Crippen molar-refractivity contribution < 1.29 is 9.47 Å². The van der Waals surface area contributed by atoms with Crippen molar-refractivity contribution in [3.05, 3.63) is 20.8 Å². The summed E-state index contributed by atoms with van der Waals surface area (Å²) in [6.45, 7) is 4.17. The predicted octanol–water partition coefficient (Wildman–Crippen LogP) is 1.77. The van der Waals surface area contributed by atoms with E-state index < -0.39 is 0 Å². The van der Waals surface area contributed by atoms with Gasteiger partial charge in [-0.1, -0.05) is 0 Å². The molecule has 3 rings (SSSR count). The highest BCUT2D eigenvalue weighted by Crippen LogP contribution is 2.41. The van der Waals surface area contributed by atoms with Crippen LogP contribution >= 0.6 is 27.3 Å². The molecule has 2 aliphatic rings. The molecule has 0 spiro atoms. The first-order valence-electron chi connectivity index (χ1n) is 5.46. The number of ether oxygens (including phenoxy) is 2. The lowest BCUT2D eigenvalue weighted by Crippen LogP contribution is -2.63. The van der Waals surface area contributed by atoms with Crippen LogP contribution in [0.5, 0.6) is 0 Å². The number of hydrogen-bond donors (Lipinski definition) is 1. The Balaban J connectivity index is 1.87. The van der Waals surface area contributed by atoms with E-state index in [-0.39, 0.29) is 5.41 Å². The number of halogens is 1. The van der Waals surface area contributed by atoms with Crippen LogP contribution in [0, 0.1) is 0 Å². The summed E-state index contributed by atoms with van der Waals surface area (Å²) in [6.07, 6.45) is 0. The fraction of sp³-hybridized carbons (Fsp3) is 0.636. The topological polar surface area (TPSA) is 30.5 Å². The van der Waals surface area contributed by atoms with Crippen LogP contribution in [0.15, 0.2) is 15.9 Å². The first-order chi connectivity index (χ1) is 7.81. The summed E-state index contributed by atoms with van der Waals surface area (Å²) in [7, 11) is 0. The Labute approximate surface area is 107 Å². The van der Waals surface area contributed by atoms with Gasteiger partial charge in [0.05, 0.1) is 35.6 Å². The summed E-state index contributed by atoms with van der Waals surface area (Å²) in [5.74, 6) is 0. The SMILES string of the molecule is Brc1ccc(C2(C3COCCN3)COC2)s1. The van der Waals surface area contributed by atoms with Gasteiger partial charge in [0.15, 0.2) is 0 Å².